The van der Waals surface area contributed by atoms with Gasteiger partial charge in [-0.3, -0.25) is 4.79 Å². The van der Waals surface area contributed by atoms with Crippen molar-refractivity contribution in [3.8, 4) is 0 Å². The molecular weight excluding hydrogens is 210 g/mol. The van der Waals surface area contributed by atoms with Crippen molar-refractivity contribution in [2.24, 2.45) is 5.92 Å². The zero-order valence-electron chi connectivity index (χ0n) is 9.32. The zero-order chi connectivity index (χ0) is 11.6. The first-order valence-corrected chi connectivity index (χ1v) is 5.87. The molecule has 0 spiro atoms. The maximum atomic E-state index is 11.9. The van der Waals surface area contributed by atoms with Gasteiger partial charge >= 0.3 is 0 Å². The van der Waals surface area contributed by atoms with Crippen LogP contribution in [0.15, 0.2) is 0 Å². The summed E-state index contributed by atoms with van der Waals surface area (Å²) >= 11 is 0. The molecule has 0 bridgehead atoms. The van der Waals surface area contributed by atoms with Gasteiger partial charge in [0.15, 0.2) is 0 Å². The van der Waals surface area contributed by atoms with Crippen LogP contribution in [0.2, 0.25) is 0 Å². The van der Waals surface area contributed by atoms with Crippen molar-refractivity contribution in [3.05, 3.63) is 0 Å². The van der Waals surface area contributed by atoms with Gasteiger partial charge in [0.1, 0.15) is 5.60 Å². The van der Waals surface area contributed by atoms with Crippen molar-refractivity contribution >= 4 is 5.91 Å². The van der Waals surface area contributed by atoms with Crippen molar-refractivity contribution in [2.45, 2.75) is 37.4 Å². The highest BCUT2D eigenvalue weighted by molar-refractivity contribution is 5.85. The minimum absolute atomic E-state index is 0.141. The number of rotatable bonds is 5. The van der Waals surface area contributed by atoms with Crippen LogP contribution in [0.3, 0.4) is 0 Å². The molecular formula is C11H19NO4. The summed E-state index contributed by atoms with van der Waals surface area (Å²) in [5.41, 5.74) is -0.915. The quantitative estimate of drug-likeness (QED) is 0.589. The molecule has 0 radical (unpaired) electrons. The van der Waals surface area contributed by atoms with Gasteiger partial charge in [-0.1, -0.05) is 12.8 Å². The van der Waals surface area contributed by atoms with Crippen molar-refractivity contribution in [2.75, 3.05) is 19.8 Å². The number of hydrogen-bond acceptors (Lipinski definition) is 4. The standard InChI is InChI=1S/C11H19NO4/c13-7-9(14)6-11(5-8-1-2-8)10(15)12-3-4-16-11/h8-9,13-14H,1-7H2,(H,12,15)/t9-,11?/m1/s1. The van der Waals surface area contributed by atoms with Crippen LogP contribution in [0.5, 0.6) is 0 Å². The molecule has 1 heterocycles. The highest BCUT2D eigenvalue weighted by Gasteiger charge is 2.46. The first kappa shape index (κ1) is 11.8. The van der Waals surface area contributed by atoms with Crippen molar-refractivity contribution in [1.82, 2.24) is 5.32 Å². The minimum Gasteiger partial charge on any atom is -0.394 e. The molecule has 0 aromatic rings. The molecule has 1 saturated carbocycles. The molecule has 1 aliphatic heterocycles. The Morgan fingerprint density at radius 1 is 1.56 bits per heavy atom. The number of carbonyl (C=O) groups excluding carboxylic acids is 1. The van der Waals surface area contributed by atoms with Gasteiger partial charge in [0.2, 0.25) is 0 Å². The molecule has 0 aromatic heterocycles. The summed E-state index contributed by atoms with van der Waals surface area (Å²) in [4.78, 5) is 11.9. The first-order chi connectivity index (χ1) is 7.66. The van der Waals surface area contributed by atoms with Crippen LogP contribution in [0.1, 0.15) is 25.7 Å². The lowest BCUT2D eigenvalue weighted by molar-refractivity contribution is -0.163. The van der Waals surface area contributed by atoms with Gasteiger partial charge < -0.3 is 20.3 Å². The second-order valence-corrected chi connectivity index (χ2v) is 4.79. The third kappa shape index (κ3) is 2.53. The van der Waals surface area contributed by atoms with E-state index < -0.39 is 11.7 Å². The van der Waals surface area contributed by atoms with E-state index in [4.69, 9.17) is 9.84 Å². The topological polar surface area (TPSA) is 78.8 Å². The molecule has 5 heteroatoms. The third-order valence-electron chi connectivity index (χ3n) is 3.27. The number of nitrogens with one attached hydrogen (secondary N) is 1. The molecule has 2 atom stereocenters. The van der Waals surface area contributed by atoms with E-state index in [1.165, 1.54) is 0 Å². The second-order valence-electron chi connectivity index (χ2n) is 4.79. The van der Waals surface area contributed by atoms with E-state index in [-0.39, 0.29) is 18.9 Å². The Kier molecular flexibility index (Phi) is 3.47. The predicted octanol–water partition coefficient (Wildman–Crippen LogP) is -0.585. The van der Waals surface area contributed by atoms with Crippen LogP contribution in [-0.4, -0.2) is 47.6 Å². The van der Waals surface area contributed by atoms with Crippen molar-refractivity contribution in [3.63, 3.8) is 0 Å². The molecule has 5 nitrogen and oxygen atoms in total. The summed E-state index contributed by atoms with van der Waals surface area (Å²) < 4.78 is 5.62. The fourth-order valence-corrected chi connectivity index (χ4v) is 2.26. The van der Waals surface area contributed by atoms with E-state index in [0.717, 1.165) is 12.8 Å². The lowest BCUT2D eigenvalue weighted by Gasteiger charge is -2.37. The van der Waals surface area contributed by atoms with Gasteiger partial charge in [-0.15, -0.1) is 0 Å². The highest BCUT2D eigenvalue weighted by Crippen LogP contribution is 2.40. The SMILES string of the molecule is O=C1NCCOC1(CC1CC1)C[C@@H](O)CO. The minimum atomic E-state index is -0.915. The van der Waals surface area contributed by atoms with Crippen LogP contribution >= 0.6 is 0 Å². The fraction of sp³-hybridized carbons (Fsp3) is 0.909. The first-order valence-electron chi connectivity index (χ1n) is 5.87. The van der Waals surface area contributed by atoms with Gasteiger partial charge in [-0.25, -0.2) is 0 Å². The van der Waals surface area contributed by atoms with Crippen molar-refractivity contribution < 1.29 is 19.7 Å². The Hall–Kier alpha value is -0.650. The Bertz CT molecular complexity index is 267. The number of hydrogen-bond donors (Lipinski definition) is 3. The molecule has 2 rings (SSSR count). The summed E-state index contributed by atoms with van der Waals surface area (Å²) in [6.45, 7) is 0.681. The Balaban J connectivity index is 2.05. The molecule has 92 valence electrons. The number of morpholine rings is 1. The summed E-state index contributed by atoms with van der Waals surface area (Å²) in [5, 5.41) is 21.2. The van der Waals surface area contributed by atoms with Crippen LogP contribution in [0.4, 0.5) is 0 Å². The van der Waals surface area contributed by atoms with Gasteiger partial charge in [0.25, 0.3) is 5.91 Å². The van der Waals surface area contributed by atoms with Crippen LogP contribution in [-0.2, 0) is 9.53 Å². The maximum Gasteiger partial charge on any atom is 0.252 e. The van der Waals surface area contributed by atoms with E-state index in [1.807, 2.05) is 0 Å². The lowest BCUT2D eigenvalue weighted by atomic mass is 9.88. The van der Waals surface area contributed by atoms with E-state index in [9.17, 15) is 9.90 Å². The normalized spacial score (nSPS) is 32.2. The van der Waals surface area contributed by atoms with E-state index in [2.05, 4.69) is 5.32 Å². The highest BCUT2D eigenvalue weighted by atomic mass is 16.5. The lowest BCUT2D eigenvalue weighted by Crippen LogP contribution is -2.56. The van der Waals surface area contributed by atoms with Gasteiger partial charge in [0.05, 0.1) is 19.3 Å². The third-order valence-corrected chi connectivity index (χ3v) is 3.27. The summed E-state index contributed by atoms with van der Waals surface area (Å²) in [6, 6.07) is 0. The summed E-state index contributed by atoms with van der Waals surface area (Å²) in [7, 11) is 0. The second kappa shape index (κ2) is 4.69. The largest absolute Gasteiger partial charge is 0.394 e. The van der Waals surface area contributed by atoms with Gasteiger partial charge in [-0.2, -0.15) is 0 Å². The number of amides is 1. The van der Waals surface area contributed by atoms with Crippen LogP contribution < -0.4 is 5.32 Å². The zero-order valence-corrected chi connectivity index (χ0v) is 9.32. The van der Waals surface area contributed by atoms with Crippen LogP contribution in [0.25, 0.3) is 0 Å². The molecule has 0 aromatic carbocycles. The Morgan fingerprint density at radius 2 is 2.31 bits per heavy atom. The Morgan fingerprint density at radius 3 is 2.88 bits per heavy atom. The number of ether oxygens (including phenoxy) is 1. The summed E-state index contributed by atoms with van der Waals surface area (Å²) in [5.74, 6) is 0.396. The molecule has 1 saturated heterocycles. The molecule has 1 amide bonds. The molecule has 3 N–H and O–H groups in total. The fourth-order valence-electron chi connectivity index (χ4n) is 2.26. The van der Waals surface area contributed by atoms with E-state index in [0.29, 0.717) is 25.5 Å². The average Bonchev–Trinajstić information content (AvgIpc) is 3.06. The number of aliphatic hydroxyl groups is 2. The average molecular weight is 229 g/mol. The Labute approximate surface area is 94.8 Å². The molecule has 1 unspecified atom stereocenters. The molecule has 1 aliphatic carbocycles. The molecule has 2 fully saturated rings. The predicted molar refractivity (Wildman–Crippen MR) is 56.7 cm³/mol. The van der Waals surface area contributed by atoms with E-state index >= 15 is 0 Å². The van der Waals surface area contributed by atoms with E-state index in [1.54, 1.807) is 0 Å². The number of aliphatic hydroxyl groups excluding tert-OH is 2. The summed E-state index contributed by atoms with van der Waals surface area (Å²) in [6.07, 6.45) is 2.23. The van der Waals surface area contributed by atoms with Crippen molar-refractivity contribution in [1.29, 1.82) is 0 Å². The van der Waals surface area contributed by atoms with Gasteiger partial charge in [-0.05, 0) is 12.3 Å². The maximum absolute atomic E-state index is 11.9. The smallest absolute Gasteiger partial charge is 0.252 e. The van der Waals surface area contributed by atoms with Gasteiger partial charge in [0, 0.05) is 13.0 Å². The monoisotopic (exact) mass is 229 g/mol. The molecule has 16 heavy (non-hydrogen) atoms. The number of carbonyl (C=O) groups is 1. The molecule has 2 aliphatic rings. The van der Waals surface area contributed by atoms with Crippen LogP contribution in [0, 0.1) is 5.92 Å².